The lowest BCUT2D eigenvalue weighted by Crippen LogP contribution is -1.98. The van der Waals surface area contributed by atoms with Crippen molar-refractivity contribution in [2.45, 2.75) is 20.8 Å². The Kier molecular flexibility index (Phi) is 5.89. The highest BCUT2D eigenvalue weighted by molar-refractivity contribution is 9.10. The van der Waals surface area contributed by atoms with Crippen LogP contribution < -0.4 is 5.32 Å². The number of aromatic nitrogens is 6. The van der Waals surface area contributed by atoms with E-state index in [1.165, 1.54) is 11.5 Å². The van der Waals surface area contributed by atoms with Gasteiger partial charge >= 0.3 is 0 Å². The summed E-state index contributed by atoms with van der Waals surface area (Å²) in [6.07, 6.45) is 6.70. The SMILES string of the molecule is CC.Cc1cc(Nc2nc(Br)cn3c(-c4cnn(SF)c4)cnc23)sn1. The number of anilines is 2. The zero-order valence-electron chi connectivity index (χ0n) is 14.1. The van der Waals surface area contributed by atoms with E-state index >= 15 is 0 Å². The molecule has 7 nitrogen and oxygen atoms in total. The fourth-order valence-electron chi connectivity index (χ4n) is 2.27. The van der Waals surface area contributed by atoms with Crippen molar-refractivity contribution in [3.8, 4) is 11.3 Å². The fraction of sp³-hybridized carbons (Fsp3) is 0.200. The van der Waals surface area contributed by atoms with Crippen molar-refractivity contribution in [3.63, 3.8) is 0 Å². The van der Waals surface area contributed by atoms with E-state index in [2.05, 4.69) is 40.7 Å². The van der Waals surface area contributed by atoms with Crippen molar-refractivity contribution in [2.24, 2.45) is 0 Å². The van der Waals surface area contributed by atoms with Gasteiger partial charge in [0.05, 0.1) is 23.8 Å². The number of hydrogen-bond acceptors (Lipinski definition) is 7. The number of nitrogens with one attached hydrogen (secondary N) is 1. The minimum absolute atomic E-state index is 0.0391. The van der Waals surface area contributed by atoms with Gasteiger partial charge in [-0.15, -0.1) is 3.89 Å². The number of fused-ring (bicyclic) bond motifs is 1. The Bertz CT molecular complexity index is 1030. The van der Waals surface area contributed by atoms with E-state index in [1.54, 1.807) is 24.8 Å². The van der Waals surface area contributed by atoms with Crippen LogP contribution in [0.25, 0.3) is 16.9 Å². The number of hydrogen-bond donors (Lipinski definition) is 1. The lowest BCUT2D eigenvalue weighted by molar-refractivity contribution is 0.878. The molecule has 26 heavy (non-hydrogen) atoms. The Labute approximate surface area is 166 Å². The summed E-state index contributed by atoms with van der Waals surface area (Å²) in [6, 6.07) is 1.94. The highest BCUT2D eigenvalue weighted by Gasteiger charge is 2.14. The third-order valence-corrected chi connectivity index (χ3v) is 4.78. The van der Waals surface area contributed by atoms with Crippen LogP contribution in [0, 0.1) is 6.92 Å². The Morgan fingerprint density at radius 3 is 2.73 bits per heavy atom. The smallest absolute Gasteiger partial charge is 0.187 e. The first-order chi connectivity index (χ1) is 12.6. The molecule has 4 heterocycles. The maximum atomic E-state index is 12.6. The molecule has 0 fully saturated rings. The molecule has 0 radical (unpaired) electrons. The van der Waals surface area contributed by atoms with E-state index in [0.29, 0.717) is 16.1 Å². The number of nitrogens with zero attached hydrogens (tertiary/aromatic N) is 6. The van der Waals surface area contributed by atoms with Crippen LogP contribution in [0.5, 0.6) is 0 Å². The second-order valence-electron chi connectivity index (χ2n) is 4.91. The molecule has 0 aromatic carbocycles. The van der Waals surface area contributed by atoms with Gasteiger partial charge in [-0.1, -0.05) is 13.8 Å². The molecule has 11 heteroatoms. The maximum absolute atomic E-state index is 12.6. The predicted octanol–water partition coefficient (Wildman–Crippen LogP) is 5.27. The third kappa shape index (κ3) is 3.74. The van der Waals surface area contributed by atoms with Gasteiger partial charge in [0.2, 0.25) is 0 Å². The number of aryl methyl sites for hydroxylation is 1. The van der Waals surface area contributed by atoms with E-state index in [4.69, 9.17) is 0 Å². The Morgan fingerprint density at radius 2 is 2.08 bits per heavy atom. The first-order valence-electron chi connectivity index (χ1n) is 7.72. The molecule has 0 bridgehead atoms. The maximum Gasteiger partial charge on any atom is 0.187 e. The average Bonchev–Trinajstić information content (AvgIpc) is 3.36. The van der Waals surface area contributed by atoms with Crippen molar-refractivity contribution < 1.29 is 3.89 Å². The first-order valence-corrected chi connectivity index (χ1v) is 9.96. The lowest BCUT2D eigenvalue weighted by atomic mass is 10.3. The van der Waals surface area contributed by atoms with Gasteiger partial charge in [-0.25, -0.2) is 9.97 Å². The summed E-state index contributed by atoms with van der Waals surface area (Å²) in [6.45, 7) is 5.93. The molecule has 4 aromatic heterocycles. The molecular weight excluding hydrogens is 441 g/mol. The van der Waals surface area contributed by atoms with Crippen LogP contribution in [0.3, 0.4) is 0 Å². The average molecular weight is 456 g/mol. The Hall–Kier alpha value is -1.98. The second kappa shape index (κ2) is 8.14. The molecule has 0 saturated carbocycles. The van der Waals surface area contributed by atoms with Gasteiger partial charge < -0.3 is 5.32 Å². The molecule has 0 saturated heterocycles. The van der Waals surface area contributed by atoms with E-state index < -0.39 is 0 Å². The van der Waals surface area contributed by atoms with Gasteiger partial charge in [-0.05, 0) is 40.5 Å². The third-order valence-electron chi connectivity index (χ3n) is 3.26. The van der Waals surface area contributed by atoms with E-state index in [9.17, 15) is 3.89 Å². The van der Waals surface area contributed by atoms with Crippen molar-refractivity contribution in [2.75, 3.05) is 5.32 Å². The van der Waals surface area contributed by atoms with Crippen molar-refractivity contribution in [3.05, 3.63) is 41.2 Å². The molecule has 0 aliphatic rings. The Morgan fingerprint density at radius 1 is 1.27 bits per heavy atom. The monoisotopic (exact) mass is 455 g/mol. The predicted molar refractivity (Wildman–Crippen MR) is 107 cm³/mol. The molecule has 0 aliphatic heterocycles. The summed E-state index contributed by atoms with van der Waals surface area (Å²) >= 11 is 4.81. The molecule has 1 N–H and O–H groups in total. The number of rotatable bonds is 4. The van der Waals surface area contributed by atoms with E-state index in [1.807, 2.05) is 31.2 Å². The van der Waals surface area contributed by atoms with Crippen molar-refractivity contribution in [1.29, 1.82) is 0 Å². The number of halogens is 2. The van der Waals surface area contributed by atoms with E-state index in [0.717, 1.165) is 26.0 Å². The van der Waals surface area contributed by atoms with Crippen molar-refractivity contribution in [1.82, 2.24) is 27.9 Å². The van der Waals surface area contributed by atoms with Crippen LogP contribution >= 0.6 is 39.8 Å². The topological polar surface area (TPSA) is 72.9 Å². The summed E-state index contributed by atoms with van der Waals surface area (Å²) in [5, 5.41) is 8.04. The minimum Gasteiger partial charge on any atom is -0.328 e. The van der Waals surface area contributed by atoms with Gasteiger partial charge in [0.1, 0.15) is 9.60 Å². The number of imidazole rings is 1. The molecule has 0 spiro atoms. The molecule has 0 aliphatic carbocycles. The second-order valence-corrected chi connectivity index (χ2v) is 7.04. The molecule has 4 aromatic rings. The van der Waals surface area contributed by atoms with Crippen LogP contribution in [-0.4, -0.2) is 27.9 Å². The van der Waals surface area contributed by atoms with Gasteiger partial charge in [0.25, 0.3) is 0 Å². The summed E-state index contributed by atoms with van der Waals surface area (Å²) in [5.74, 6) is 0.603. The summed E-state index contributed by atoms with van der Waals surface area (Å²) in [5.41, 5.74) is 3.14. The molecule has 0 amide bonds. The molecule has 136 valence electrons. The molecule has 0 atom stereocenters. The molecular formula is C15H15BrFN7S2. The summed E-state index contributed by atoms with van der Waals surface area (Å²) in [4.78, 5) is 8.89. The highest BCUT2D eigenvalue weighted by Crippen LogP contribution is 2.29. The first kappa shape index (κ1) is 18.8. The van der Waals surface area contributed by atoms with Crippen LogP contribution in [0.15, 0.2) is 35.5 Å². The zero-order chi connectivity index (χ0) is 18.7. The van der Waals surface area contributed by atoms with Crippen molar-refractivity contribution >= 4 is 56.3 Å². The van der Waals surface area contributed by atoms with Crippen LogP contribution in [0.2, 0.25) is 0 Å². The fourth-order valence-corrected chi connectivity index (χ4v) is 3.55. The van der Waals surface area contributed by atoms with Crippen LogP contribution in [-0.2, 0) is 0 Å². The minimum atomic E-state index is 0.0391. The summed E-state index contributed by atoms with van der Waals surface area (Å²) in [7, 11) is 0. The van der Waals surface area contributed by atoms with Gasteiger partial charge in [-0.2, -0.15) is 13.6 Å². The normalized spacial score (nSPS) is 10.7. The van der Waals surface area contributed by atoms with Gasteiger partial charge in [-0.3, -0.25) is 4.40 Å². The molecule has 0 unspecified atom stereocenters. The molecule has 4 rings (SSSR count). The lowest BCUT2D eigenvalue weighted by Gasteiger charge is -2.06. The summed E-state index contributed by atoms with van der Waals surface area (Å²) < 4.78 is 20.5. The highest BCUT2D eigenvalue weighted by atomic mass is 79.9. The largest absolute Gasteiger partial charge is 0.328 e. The van der Waals surface area contributed by atoms with E-state index in [-0.39, 0.29) is 12.3 Å². The Balaban J connectivity index is 0.000000948. The van der Waals surface area contributed by atoms with Crippen LogP contribution in [0.1, 0.15) is 19.5 Å². The van der Waals surface area contributed by atoms with Gasteiger partial charge in [0.15, 0.2) is 23.8 Å². The zero-order valence-corrected chi connectivity index (χ0v) is 17.4. The standard InChI is InChI=1S/C13H9BrFN7S2.C2H6/c1-7-2-11(23-20-7)19-12-13-16-4-9(21(13)6-10(14)18-12)8-3-17-22(5-8)24-15;1-2/h2-6H,1H3,(H,18,19);1-2H3. The van der Waals surface area contributed by atoms with Gasteiger partial charge in [0, 0.05) is 18.0 Å². The van der Waals surface area contributed by atoms with Crippen LogP contribution in [0.4, 0.5) is 14.7 Å². The quantitative estimate of drug-likeness (QED) is 0.451.